The minimum atomic E-state index is 0.769. The van der Waals surface area contributed by atoms with Crippen LogP contribution in [0.3, 0.4) is 0 Å². The molecule has 2 atom stereocenters. The lowest BCUT2D eigenvalue weighted by atomic mass is 9.89. The molecule has 3 rings (SSSR count). The van der Waals surface area contributed by atoms with Crippen LogP contribution in [-0.4, -0.2) is 61.9 Å². The SMILES string of the molecule is N=CCN1CC2CCN(CCOc3ccccc3)CC2C1. The van der Waals surface area contributed by atoms with E-state index in [9.17, 15) is 0 Å². The van der Waals surface area contributed by atoms with Crippen molar-refractivity contribution in [3.8, 4) is 5.75 Å². The van der Waals surface area contributed by atoms with Crippen LogP contribution in [0, 0.1) is 17.2 Å². The van der Waals surface area contributed by atoms with Gasteiger partial charge in [0.15, 0.2) is 0 Å². The Kier molecular flexibility index (Phi) is 4.88. The largest absolute Gasteiger partial charge is 0.492 e. The first-order valence-corrected chi connectivity index (χ1v) is 7.96. The van der Waals surface area contributed by atoms with Crippen LogP contribution in [0.5, 0.6) is 5.75 Å². The molecule has 0 aliphatic carbocycles. The number of hydrogen-bond acceptors (Lipinski definition) is 4. The second-order valence-electron chi connectivity index (χ2n) is 6.19. The molecule has 2 heterocycles. The summed E-state index contributed by atoms with van der Waals surface area (Å²) in [6.45, 7) is 7.35. The quantitative estimate of drug-likeness (QED) is 0.813. The molecule has 0 bridgehead atoms. The first-order chi connectivity index (χ1) is 10.3. The van der Waals surface area contributed by atoms with E-state index in [4.69, 9.17) is 10.1 Å². The number of rotatable bonds is 6. The van der Waals surface area contributed by atoms with Gasteiger partial charge in [-0.15, -0.1) is 0 Å². The molecule has 0 saturated carbocycles. The van der Waals surface area contributed by atoms with E-state index in [1.54, 1.807) is 0 Å². The summed E-state index contributed by atoms with van der Waals surface area (Å²) in [5, 5.41) is 7.25. The number of likely N-dealkylation sites (tertiary alicyclic amines) is 2. The van der Waals surface area contributed by atoms with Crippen molar-refractivity contribution in [2.45, 2.75) is 6.42 Å². The molecule has 1 aromatic carbocycles. The number of nitrogens with one attached hydrogen (secondary N) is 1. The number of benzene rings is 1. The number of ether oxygens (including phenoxy) is 1. The minimum Gasteiger partial charge on any atom is -0.492 e. The van der Waals surface area contributed by atoms with E-state index >= 15 is 0 Å². The third-order valence-corrected chi connectivity index (χ3v) is 4.73. The minimum absolute atomic E-state index is 0.769. The molecule has 114 valence electrons. The summed E-state index contributed by atoms with van der Waals surface area (Å²) < 4.78 is 5.80. The average Bonchev–Trinajstić information content (AvgIpc) is 2.90. The summed E-state index contributed by atoms with van der Waals surface area (Å²) in [4.78, 5) is 4.96. The zero-order chi connectivity index (χ0) is 14.5. The van der Waals surface area contributed by atoms with Crippen LogP contribution in [0.15, 0.2) is 30.3 Å². The van der Waals surface area contributed by atoms with Gasteiger partial charge in [-0.2, -0.15) is 0 Å². The Hall–Kier alpha value is -1.39. The van der Waals surface area contributed by atoms with E-state index in [2.05, 4.69) is 9.80 Å². The standard InChI is InChI=1S/C17H25N3O/c18-7-9-20-12-15-6-8-19(13-16(15)14-20)10-11-21-17-4-2-1-3-5-17/h1-5,7,15-16,18H,6,8-14H2. The highest BCUT2D eigenvalue weighted by Crippen LogP contribution is 2.30. The maximum Gasteiger partial charge on any atom is 0.119 e. The number of nitrogens with zero attached hydrogens (tertiary/aromatic N) is 2. The molecule has 0 radical (unpaired) electrons. The molecule has 4 nitrogen and oxygen atoms in total. The van der Waals surface area contributed by atoms with Gasteiger partial charge in [0, 0.05) is 38.9 Å². The second kappa shape index (κ2) is 7.05. The highest BCUT2D eigenvalue weighted by Gasteiger charge is 2.36. The molecule has 1 aromatic rings. The Morgan fingerprint density at radius 1 is 1.10 bits per heavy atom. The third kappa shape index (κ3) is 3.83. The van der Waals surface area contributed by atoms with Crippen LogP contribution in [0.2, 0.25) is 0 Å². The van der Waals surface area contributed by atoms with Crippen LogP contribution in [-0.2, 0) is 0 Å². The zero-order valence-corrected chi connectivity index (χ0v) is 12.6. The molecule has 0 amide bonds. The number of piperidine rings is 1. The van der Waals surface area contributed by atoms with Crippen LogP contribution >= 0.6 is 0 Å². The fourth-order valence-corrected chi connectivity index (χ4v) is 3.63. The molecule has 21 heavy (non-hydrogen) atoms. The molecule has 2 aliphatic rings. The molecular weight excluding hydrogens is 262 g/mol. The smallest absolute Gasteiger partial charge is 0.119 e. The predicted octanol–water partition coefficient (Wildman–Crippen LogP) is 1.97. The van der Waals surface area contributed by atoms with Crippen molar-refractivity contribution in [1.82, 2.24) is 9.80 Å². The third-order valence-electron chi connectivity index (χ3n) is 4.73. The summed E-state index contributed by atoms with van der Waals surface area (Å²) in [6.07, 6.45) is 2.83. The molecule has 4 heteroatoms. The zero-order valence-electron chi connectivity index (χ0n) is 12.6. The lowest BCUT2D eigenvalue weighted by molar-refractivity contribution is 0.127. The van der Waals surface area contributed by atoms with Crippen molar-refractivity contribution in [2.75, 3.05) is 45.9 Å². The average molecular weight is 287 g/mol. The molecule has 2 fully saturated rings. The molecule has 2 unspecified atom stereocenters. The van der Waals surface area contributed by atoms with Gasteiger partial charge in [-0.25, -0.2) is 0 Å². The molecule has 2 saturated heterocycles. The summed E-state index contributed by atoms with van der Waals surface area (Å²) in [5.41, 5.74) is 0. The highest BCUT2D eigenvalue weighted by atomic mass is 16.5. The number of hydrogen-bond donors (Lipinski definition) is 1. The van der Waals surface area contributed by atoms with Gasteiger partial charge in [0.1, 0.15) is 12.4 Å². The van der Waals surface area contributed by atoms with E-state index in [1.165, 1.54) is 32.3 Å². The summed E-state index contributed by atoms with van der Waals surface area (Å²) in [6, 6.07) is 10.1. The van der Waals surface area contributed by atoms with Crippen molar-refractivity contribution < 1.29 is 4.74 Å². The van der Waals surface area contributed by atoms with Gasteiger partial charge in [-0.3, -0.25) is 9.80 Å². The molecule has 0 spiro atoms. The van der Waals surface area contributed by atoms with Gasteiger partial charge in [0.05, 0.1) is 0 Å². The van der Waals surface area contributed by atoms with Crippen LogP contribution in [0.1, 0.15) is 6.42 Å². The molecule has 2 aliphatic heterocycles. The van der Waals surface area contributed by atoms with Crippen molar-refractivity contribution >= 4 is 6.21 Å². The van der Waals surface area contributed by atoms with Gasteiger partial charge >= 0.3 is 0 Å². The Bertz CT molecular complexity index is 451. The van der Waals surface area contributed by atoms with Crippen molar-refractivity contribution in [3.05, 3.63) is 30.3 Å². The fraction of sp³-hybridized carbons (Fsp3) is 0.588. The van der Waals surface area contributed by atoms with E-state index in [-0.39, 0.29) is 0 Å². The Morgan fingerprint density at radius 2 is 1.86 bits per heavy atom. The van der Waals surface area contributed by atoms with Gasteiger partial charge in [-0.1, -0.05) is 18.2 Å². The Balaban J connectivity index is 1.41. The molecule has 1 N–H and O–H groups in total. The normalized spacial score (nSPS) is 26.5. The van der Waals surface area contributed by atoms with Crippen LogP contribution < -0.4 is 4.74 Å². The maximum atomic E-state index is 7.25. The van der Waals surface area contributed by atoms with Gasteiger partial charge in [-0.05, 0) is 36.9 Å². The van der Waals surface area contributed by atoms with Gasteiger partial charge < -0.3 is 10.1 Å². The first kappa shape index (κ1) is 14.5. The summed E-state index contributed by atoms with van der Waals surface area (Å²) in [7, 11) is 0. The van der Waals surface area contributed by atoms with E-state index in [1.807, 2.05) is 30.3 Å². The monoisotopic (exact) mass is 287 g/mol. The maximum absolute atomic E-state index is 7.25. The Labute approximate surface area is 127 Å². The highest BCUT2D eigenvalue weighted by molar-refractivity contribution is 5.55. The Morgan fingerprint density at radius 3 is 2.67 bits per heavy atom. The van der Waals surface area contributed by atoms with Gasteiger partial charge in [0.2, 0.25) is 0 Å². The lowest BCUT2D eigenvalue weighted by Gasteiger charge is -2.34. The van der Waals surface area contributed by atoms with E-state index in [0.717, 1.165) is 43.8 Å². The molecule has 0 aromatic heterocycles. The van der Waals surface area contributed by atoms with E-state index in [0.29, 0.717) is 0 Å². The fourth-order valence-electron chi connectivity index (χ4n) is 3.63. The topological polar surface area (TPSA) is 39.6 Å². The number of para-hydroxylation sites is 1. The van der Waals surface area contributed by atoms with Crippen molar-refractivity contribution in [3.63, 3.8) is 0 Å². The van der Waals surface area contributed by atoms with Crippen molar-refractivity contribution in [1.29, 1.82) is 5.41 Å². The summed E-state index contributed by atoms with van der Waals surface area (Å²) in [5.74, 6) is 2.59. The lowest BCUT2D eigenvalue weighted by Crippen LogP contribution is -2.41. The number of fused-ring (bicyclic) bond motifs is 1. The van der Waals surface area contributed by atoms with Crippen molar-refractivity contribution in [2.24, 2.45) is 11.8 Å². The second-order valence-corrected chi connectivity index (χ2v) is 6.19. The first-order valence-electron chi connectivity index (χ1n) is 7.96. The summed E-state index contributed by atoms with van der Waals surface area (Å²) >= 11 is 0. The van der Waals surface area contributed by atoms with Gasteiger partial charge in [0.25, 0.3) is 0 Å². The van der Waals surface area contributed by atoms with Crippen LogP contribution in [0.4, 0.5) is 0 Å². The molecular formula is C17H25N3O. The van der Waals surface area contributed by atoms with E-state index < -0.39 is 0 Å². The predicted molar refractivity (Wildman–Crippen MR) is 85.2 cm³/mol. The van der Waals surface area contributed by atoms with Crippen LogP contribution in [0.25, 0.3) is 0 Å².